The lowest BCUT2D eigenvalue weighted by atomic mass is 10.1. The molecule has 1 amide bonds. The van der Waals surface area contributed by atoms with Gasteiger partial charge in [-0.25, -0.2) is 13.9 Å². The molecule has 0 aliphatic heterocycles. The van der Waals surface area contributed by atoms with Gasteiger partial charge in [-0.2, -0.15) is 0 Å². The third-order valence-electron chi connectivity index (χ3n) is 6.66. The molecule has 182 valence electrons. The third-order valence-corrected chi connectivity index (χ3v) is 6.66. The molecule has 1 saturated carbocycles. The summed E-state index contributed by atoms with van der Waals surface area (Å²) in [6, 6.07) is 12.3. The molecule has 1 N–H and O–H groups in total. The van der Waals surface area contributed by atoms with E-state index in [1.807, 2.05) is 38.1 Å². The number of hydrogen-bond donors (Lipinski definition) is 1. The van der Waals surface area contributed by atoms with Crippen molar-refractivity contribution >= 4 is 22.6 Å². The minimum atomic E-state index is -0.379. The van der Waals surface area contributed by atoms with Crippen molar-refractivity contribution in [2.45, 2.75) is 58.2 Å². The molecule has 9 nitrogen and oxygen atoms in total. The van der Waals surface area contributed by atoms with E-state index in [9.17, 15) is 14.4 Å². The van der Waals surface area contributed by atoms with Crippen molar-refractivity contribution in [2.75, 3.05) is 7.11 Å². The quantitative estimate of drug-likeness (QED) is 0.462. The summed E-state index contributed by atoms with van der Waals surface area (Å²) in [5, 5.41) is 7.98. The van der Waals surface area contributed by atoms with Gasteiger partial charge in [0.2, 0.25) is 5.78 Å². The highest BCUT2D eigenvalue weighted by atomic mass is 16.5. The summed E-state index contributed by atoms with van der Waals surface area (Å²) >= 11 is 0. The Morgan fingerprint density at radius 3 is 2.63 bits per heavy atom. The van der Waals surface area contributed by atoms with E-state index in [0.29, 0.717) is 22.2 Å². The van der Waals surface area contributed by atoms with Crippen molar-refractivity contribution in [1.82, 2.24) is 24.1 Å². The van der Waals surface area contributed by atoms with Gasteiger partial charge in [0.25, 0.3) is 11.5 Å². The lowest BCUT2D eigenvalue weighted by molar-refractivity contribution is 0.0938. The molecule has 1 fully saturated rings. The summed E-state index contributed by atoms with van der Waals surface area (Å²) in [5.41, 5.74) is 1.01. The molecule has 4 aromatic rings. The van der Waals surface area contributed by atoms with Gasteiger partial charge >= 0.3 is 5.69 Å². The van der Waals surface area contributed by atoms with Crippen LogP contribution in [0.25, 0.3) is 16.7 Å². The molecule has 1 aliphatic rings. The Labute approximate surface area is 201 Å². The highest BCUT2D eigenvalue weighted by molar-refractivity contribution is 5.98. The van der Waals surface area contributed by atoms with E-state index in [1.54, 1.807) is 25.3 Å². The standard InChI is InChI=1S/C26H29N5O4/c1-16(2)30-24(33)21-12-11-18(23(32)27-19-8-4-5-9-19)14-22(21)31-25(30)28-29(26(31)34)15-17-7-6-10-20(13-17)35-3/h6-7,10-14,16,19H,4-5,8-9,15H2,1-3H3,(H,27,32). The summed E-state index contributed by atoms with van der Waals surface area (Å²) in [6.45, 7) is 3.97. The summed E-state index contributed by atoms with van der Waals surface area (Å²) in [7, 11) is 1.59. The molecular weight excluding hydrogens is 446 g/mol. The van der Waals surface area contributed by atoms with E-state index in [-0.39, 0.29) is 41.6 Å². The van der Waals surface area contributed by atoms with Gasteiger partial charge < -0.3 is 10.1 Å². The second-order valence-electron chi connectivity index (χ2n) is 9.38. The molecule has 0 spiro atoms. The molecule has 0 saturated heterocycles. The molecule has 0 unspecified atom stereocenters. The number of nitrogens with zero attached hydrogens (tertiary/aromatic N) is 4. The maximum absolute atomic E-state index is 13.6. The lowest BCUT2D eigenvalue weighted by Gasteiger charge is -2.14. The van der Waals surface area contributed by atoms with Crippen molar-refractivity contribution in [1.29, 1.82) is 0 Å². The number of amides is 1. The average Bonchev–Trinajstić information content (AvgIpc) is 3.46. The summed E-state index contributed by atoms with van der Waals surface area (Å²) < 4.78 is 9.58. The van der Waals surface area contributed by atoms with Gasteiger partial charge in [0, 0.05) is 17.6 Å². The number of benzene rings is 2. The molecule has 5 rings (SSSR count). The first-order valence-electron chi connectivity index (χ1n) is 12.0. The van der Waals surface area contributed by atoms with Crippen LogP contribution in [0.2, 0.25) is 0 Å². The van der Waals surface area contributed by atoms with Crippen LogP contribution in [0.3, 0.4) is 0 Å². The lowest BCUT2D eigenvalue weighted by Crippen LogP contribution is -2.33. The van der Waals surface area contributed by atoms with Crippen LogP contribution in [0.5, 0.6) is 5.75 Å². The highest BCUT2D eigenvalue weighted by Crippen LogP contribution is 2.20. The minimum absolute atomic E-state index is 0.167. The fraction of sp³-hybridized carbons (Fsp3) is 0.385. The predicted molar refractivity (Wildman–Crippen MR) is 133 cm³/mol. The Morgan fingerprint density at radius 2 is 1.91 bits per heavy atom. The van der Waals surface area contributed by atoms with Gasteiger partial charge in [-0.05, 0) is 62.6 Å². The van der Waals surface area contributed by atoms with Crippen LogP contribution in [0.1, 0.15) is 61.5 Å². The van der Waals surface area contributed by atoms with Gasteiger partial charge in [-0.3, -0.25) is 14.2 Å². The third kappa shape index (κ3) is 4.11. The highest BCUT2D eigenvalue weighted by Gasteiger charge is 2.22. The molecule has 0 radical (unpaired) electrons. The molecule has 2 aromatic carbocycles. The molecule has 1 aliphatic carbocycles. The molecule has 9 heteroatoms. The Hall–Kier alpha value is -3.88. The van der Waals surface area contributed by atoms with E-state index in [2.05, 4.69) is 10.4 Å². The van der Waals surface area contributed by atoms with Crippen LogP contribution in [0.15, 0.2) is 52.1 Å². The SMILES string of the molecule is COc1cccc(Cn2nc3n(C(C)C)c(=O)c4ccc(C(=O)NC5CCCC5)cc4n3c2=O)c1. The van der Waals surface area contributed by atoms with Gasteiger partial charge in [0.05, 0.1) is 24.6 Å². The number of methoxy groups -OCH3 is 1. The van der Waals surface area contributed by atoms with Crippen molar-refractivity contribution in [3.8, 4) is 5.75 Å². The van der Waals surface area contributed by atoms with E-state index in [4.69, 9.17) is 4.74 Å². The normalized spacial score (nSPS) is 14.3. The van der Waals surface area contributed by atoms with Crippen LogP contribution >= 0.6 is 0 Å². The summed E-state index contributed by atoms with van der Waals surface area (Å²) in [4.78, 5) is 39.9. The van der Waals surface area contributed by atoms with Crippen LogP contribution in [0, 0.1) is 0 Å². The Morgan fingerprint density at radius 1 is 1.14 bits per heavy atom. The average molecular weight is 476 g/mol. The zero-order chi connectivity index (χ0) is 24.7. The van der Waals surface area contributed by atoms with Crippen LogP contribution < -0.4 is 21.3 Å². The monoisotopic (exact) mass is 475 g/mol. The zero-order valence-electron chi connectivity index (χ0n) is 20.2. The Kier molecular flexibility index (Phi) is 5.92. The van der Waals surface area contributed by atoms with E-state index in [1.165, 1.54) is 13.6 Å². The summed E-state index contributed by atoms with van der Waals surface area (Å²) in [6.07, 6.45) is 4.16. The molecule has 35 heavy (non-hydrogen) atoms. The first kappa shape index (κ1) is 22.9. The van der Waals surface area contributed by atoms with Crippen LogP contribution in [0.4, 0.5) is 0 Å². The van der Waals surface area contributed by atoms with Gasteiger partial charge in [0.15, 0.2) is 0 Å². The maximum Gasteiger partial charge on any atom is 0.352 e. The van der Waals surface area contributed by atoms with E-state index < -0.39 is 0 Å². The molecule has 0 bridgehead atoms. The number of aromatic nitrogens is 4. The predicted octanol–water partition coefficient (Wildman–Crippen LogP) is 3.12. The number of fused-ring (bicyclic) bond motifs is 3. The molecule has 2 heterocycles. The molecular formula is C26H29N5O4. The fourth-order valence-electron chi connectivity index (χ4n) is 4.87. The number of nitrogens with one attached hydrogen (secondary N) is 1. The minimum Gasteiger partial charge on any atom is -0.497 e. The topological polar surface area (TPSA) is 99.6 Å². The fourth-order valence-corrected chi connectivity index (χ4v) is 4.87. The number of carbonyl (C=O) groups excluding carboxylic acids is 1. The second kappa shape index (κ2) is 9.05. The van der Waals surface area contributed by atoms with E-state index in [0.717, 1.165) is 31.2 Å². The van der Waals surface area contributed by atoms with Crippen LogP contribution in [-0.4, -0.2) is 37.8 Å². The molecule has 0 atom stereocenters. The molecule has 2 aromatic heterocycles. The number of carbonyl (C=O) groups is 1. The first-order chi connectivity index (χ1) is 16.9. The number of ether oxygens (including phenoxy) is 1. The second-order valence-corrected chi connectivity index (χ2v) is 9.38. The Balaban J connectivity index is 1.67. The Bertz CT molecular complexity index is 1540. The first-order valence-corrected chi connectivity index (χ1v) is 12.0. The number of rotatable bonds is 6. The van der Waals surface area contributed by atoms with Crippen molar-refractivity contribution < 1.29 is 9.53 Å². The number of hydrogen-bond acceptors (Lipinski definition) is 5. The largest absolute Gasteiger partial charge is 0.497 e. The smallest absolute Gasteiger partial charge is 0.352 e. The van der Waals surface area contributed by atoms with E-state index >= 15 is 0 Å². The maximum atomic E-state index is 13.6. The van der Waals surface area contributed by atoms with Gasteiger partial charge in [0.1, 0.15) is 5.75 Å². The summed E-state index contributed by atoms with van der Waals surface area (Å²) in [5.74, 6) is 0.734. The van der Waals surface area contributed by atoms with Crippen LogP contribution in [-0.2, 0) is 6.54 Å². The van der Waals surface area contributed by atoms with Crippen molar-refractivity contribution in [3.63, 3.8) is 0 Å². The van der Waals surface area contributed by atoms with Crippen molar-refractivity contribution in [2.24, 2.45) is 0 Å². The zero-order valence-corrected chi connectivity index (χ0v) is 20.2. The van der Waals surface area contributed by atoms with Gasteiger partial charge in [-0.1, -0.05) is 25.0 Å². The van der Waals surface area contributed by atoms with Gasteiger partial charge in [-0.15, -0.1) is 5.10 Å². The van der Waals surface area contributed by atoms with Crippen molar-refractivity contribution in [3.05, 3.63) is 74.4 Å².